The summed E-state index contributed by atoms with van der Waals surface area (Å²) in [5.41, 5.74) is 5.90. The fraction of sp³-hybridized carbons (Fsp3) is 0.200. The molecule has 0 aliphatic carbocycles. The van der Waals surface area contributed by atoms with Crippen molar-refractivity contribution in [2.45, 2.75) is 4.90 Å². The first kappa shape index (κ1) is 12.5. The summed E-state index contributed by atoms with van der Waals surface area (Å²) in [5, 5.41) is 2.04. The van der Waals surface area contributed by atoms with Crippen LogP contribution in [0.5, 0.6) is 0 Å². The van der Waals surface area contributed by atoms with Crippen LogP contribution in [0.4, 0.5) is 5.69 Å². The maximum Gasteiger partial charge on any atom is 0.244 e. The maximum absolute atomic E-state index is 12.1. The molecule has 8 heteroatoms. The molecule has 0 saturated carbocycles. The van der Waals surface area contributed by atoms with Crippen molar-refractivity contribution in [3.05, 3.63) is 24.3 Å². The van der Waals surface area contributed by atoms with Crippen LogP contribution >= 0.6 is 0 Å². The Kier molecular flexibility index (Phi) is 3.05. The smallest absolute Gasteiger partial charge is 0.244 e. The Bertz CT molecular complexity index is 578. The van der Waals surface area contributed by atoms with E-state index in [9.17, 15) is 18.0 Å². The number of carbonyl (C=O) groups is 2. The lowest BCUT2D eigenvalue weighted by atomic mass is 10.3. The number of nitrogens with two attached hydrogens (primary N) is 1. The van der Waals surface area contributed by atoms with E-state index in [2.05, 4.69) is 0 Å². The second kappa shape index (κ2) is 4.39. The third-order valence-corrected chi connectivity index (χ3v) is 4.24. The average Bonchev–Trinajstić information content (AvgIpc) is 2.28. The Morgan fingerprint density at radius 1 is 1.06 bits per heavy atom. The van der Waals surface area contributed by atoms with Crippen molar-refractivity contribution in [1.29, 1.82) is 0 Å². The number of imide groups is 1. The predicted molar refractivity (Wildman–Crippen MR) is 62.8 cm³/mol. The first-order valence-electron chi connectivity index (χ1n) is 5.08. The molecule has 1 aliphatic heterocycles. The quantitative estimate of drug-likeness (QED) is 0.524. The van der Waals surface area contributed by atoms with Crippen molar-refractivity contribution in [2.24, 2.45) is 0 Å². The van der Waals surface area contributed by atoms with Gasteiger partial charge in [0.2, 0.25) is 21.8 Å². The molecule has 2 amide bonds. The summed E-state index contributed by atoms with van der Waals surface area (Å²) in [6.45, 7) is -0.725. The monoisotopic (exact) mass is 269 g/mol. The molecule has 1 heterocycles. The molecule has 2 rings (SSSR count). The largest absolute Gasteiger partial charge is 0.399 e. The highest BCUT2D eigenvalue weighted by Gasteiger charge is 2.32. The van der Waals surface area contributed by atoms with Gasteiger partial charge in [-0.15, -0.1) is 0 Å². The van der Waals surface area contributed by atoms with E-state index in [-0.39, 0.29) is 18.0 Å². The van der Waals surface area contributed by atoms with Crippen LogP contribution in [0, 0.1) is 0 Å². The van der Waals surface area contributed by atoms with Crippen LogP contribution in [0.1, 0.15) is 0 Å². The number of carbonyl (C=O) groups excluding carboxylic acids is 2. The molecular formula is C10H11N3O4S. The molecule has 0 bridgehead atoms. The van der Waals surface area contributed by atoms with Crippen molar-refractivity contribution < 1.29 is 18.0 Å². The molecule has 1 aromatic carbocycles. The minimum atomic E-state index is -3.85. The molecule has 0 spiro atoms. The van der Waals surface area contributed by atoms with Crippen molar-refractivity contribution in [1.82, 2.24) is 9.62 Å². The zero-order valence-corrected chi connectivity index (χ0v) is 10.1. The molecule has 18 heavy (non-hydrogen) atoms. The van der Waals surface area contributed by atoms with Crippen LogP contribution in [0.25, 0.3) is 0 Å². The van der Waals surface area contributed by atoms with Crippen LogP contribution in [-0.4, -0.2) is 37.6 Å². The molecule has 1 aliphatic rings. The summed E-state index contributed by atoms with van der Waals surface area (Å²) in [4.78, 5) is 22.3. The first-order chi connectivity index (χ1) is 8.39. The number of benzene rings is 1. The number of sulfonamides is 1. The molecule has 7 nitrogen and oxygen atoms in total. The number of hydrogen-bond donors (Lipinski definition) is 2. The van der Waals surface area contributed by atoms with Crippen molar-refractivity contribution in [3.63, 3.8) is 0 Å². The maximum atomic E-state index is 12.1. The van der Waals surface area contributed by atoms with E-state index in [1.165, 1.54) is 24.3 Å². The van der Waals surface area contributed by atoms with Gasteiger partial charge in [-0.05, 0) is 24.3 Å². The molecule has 0 unspecified atom stereocenters. The number of anilines is 1. The highest BCUT2D eigenvalue weighted by Crippen LogP contribution is 2.17. The van der Waals surface area contributed by atoms with Gasteiger partial charge in [-0.25, -0.2) is 8.42 Å². The minimum absolute atomic E-state index is 0.000741. The number of amides is 2. The summed E-state index contributed by atoms with van der Waals surface area (Å²) in [5.74, 6) is -1.27. The van der Waals surface area contributed by atoms with Gasteiger partial charge in [-0.2, -0.15) is 4.31 Å². The summed E-state index contributed by atoms with van der Waals surface area (Å²) in [7, 11) is -3.85. The molecule has 0 aromatic heterocycles. The topological polar surface area (TPSA) is 110 Å². The third kappa shape index (κ3) is 2.34. The van der Waals surface area contributed by atoms with Crippen molar-refractivity contribution in [3.8, 4) is 0 Å². The lowest BCUT2D eigenvalue weighted by Gasteiger charge is -2.24. The number of piperazine rings is 1. The fourth-order valence-electron chi connectivity index (χ4n) is 1.57. The van der Waals surface area contributed by atoms with Crippen LogP contribution in [0.15, 0.2) is 29.2 Å². The van der Waals surface area contributed by atoms with Gasteiger partial charge in [-0.1, -0.05) is 0 Å². The van der Waals surface area contributed by atoms with Gasteiger partial charge in [0, 0.05) is 5.69 Å². The SMILES string of the molecule is Nc1ccc(S(=O)(=O)N2CC(=O)NC(=O)C2)cc1. The van der Waals surface area contributed by atoms with E-state index in [4.69, 9.17) is 5.73 Å². The molecule has 0 atom stereocenters. The first-order valence-corrected chi connectivity index (χ1v) is 6.52. The lowest BCUT2D eigenvalue weighted by Crippen LogP contribution is -2.53. The van der Waals surface area contributed by atoms with E-state index in [0.29, 0.717) is 5.69 Å². The van der Waals surface area contributed by atoms with Gasteiger partial charge in [0.05, 0.1) is 18.0 Å². The number of nitrogens with zero attached hydrogens (tertiary/aromatic N) is 1. The molecule has 1 fully saturated rings. The van der Waals surface area contributed by atoms with Gasteiger partial charge in [0.25, 0.3) is 0 Å². The molecule has 1 saturated heterocycles. The predicted octanol–water partition coefficient (Wildman–Crippen LogP) is -1.08. The number of hydrogen-bond acceptors (Lipinski definition) is 5. The summed E-state index contributed by atoms with van der Waals surface area (Å²) in [6, 6.07) is 5.56. The Hall–Kier alpha value is -1.93. The lowest BCUT2D eigenvalue weighted by molar-refractivity contribution is -0.134. The van der Waals surface area contributed by atoms with Crippen molar-refractivity contribution >= 4 is 27.5 Å². The van der Waals surface area contributed by atoms with E-state index < -0.39 is 21.8 Å². The molecule has 1 aromatic rings. The van der Waals surface area contributed by atoms with E-state index in [1.807, 2.05) is 5.32 Å². The van der Waals surface area contributed by atoms with Crippen molar-refractivity contribution in [2.75, 3.05) is 18.8 Å². The van der Waals surface area contributed by atoms with Gasteiger partial charge in [-0.3, -0.25) is 14.9 Å². The van der Waals surface area contributed by atoms with Crippen LogP contribution < -0.4 is 11.1 Å². The summed E-state index contributed by atoms with van der Waals surface area (Å²) < 4.78 is 25.1. The third-order valence-electron chi connectivity index (χ3n) is 2.44. The van der Waals surface area contributed by atoms with E-state index in [0.717, 1.165) is 4.31 Å². The van der Waals surface area contributed by atoms with Crippen LogP contribution in [0.2, 0.25) is 0 Å². The normalized spacial score (nSPS) is 17.6. The fourth-order valence-corrected chi connectivity index (χ4v) is 2.92. The molecule has 3 N–H and O–H groups in total. The van der Waals surface area contributed by atoms with Gasteiger partial charge >= 0.3 is 0 Å². The van der Waals surface area contributed by atoms with Gasteiger partial charge in [0.15, 0.2) is 0 Å². The highest BCUT2D eigenvalue weighted by molar-refractivity contribution is 7.89. The van der Waals surface area contributed by atoms with Crippen LogP contribution in [-0.2, 0) is 19.6 Å². The Balaban J connectivity index is 2.33. The summed E-state index contributed by atoms with van der Waals surface area (Å²) >= 11 is 0. The zero-order chi connectivity index (χ0) is 13.3. The molecular weight excluding hydrogens is 258 g/mol. The van der Waals surface area contributed by atoms with Crippen LogP contribution in [0.3, 0.4) is 0 Å². The number of nitrogen functional groups attached to an aromatic ring is 1. The number of rotatable bonds is 2. The molecule has 96 valence electrons. The standard InChI is InChI=1S/C10H11N3O4S/c11-7-1-3-8(4-2-7)18(16,17)13-5-9(14)12-10(15)6-13/h1-4H,5-6,11H2,(H,12,14,15). The van der Waals surface area contributed by atoms with Gasteiger partial charge < -0.3 is 5.73 Å². The zero-order valence-electron chi connectivity index (χ0n) is 9.29. The summed E-state index contributed by atoms with van der Waals surface area (Å²) in [6.07, 6.45) is 0. The second-order valence-corrected chi connectivity index (χ2v) is 5.75. The Labute approximate surface area is 104 Å². The Morgan fingerprint density at radius 3 is 2.06 bits per heavy atom. The molecule has 0 radical (unpaired) electrons. The minimum Gasteiger partial charge on any atom is -0.399 e. The highest BCUT2D eigenvalue weighted by atomic mass is 32.2. The second-order valence-electron chi connectivity index (χ2n) is 3.81. The van der Waals surface area contributed by atoms with E-state index >= 15 is 0 Å². The average molecular weight is 269 g/mol. The van der Waals surface area contributed by atoms with E-state index in [1.54, 1.807) is 0 Å². The number of nitrogens with one attached hydrogen (secondary N) is 1. The van der Waals surface area contributed by atoms with Gasteiger partial charge in [0.1, 0.15) is 0 Å². The Morgan fingerprint density at radius 2 is 1.56 bits per heavy atom.